The van der Waals surface area contributed by atoms with Crippen molar-refractivity contribution >= 4 is 23.5 Å². The molecule has 144 valence electrons. The van der Waals surface area contributed by atoms with Crippen molar-refractivity contribution in [1.82, 2.24) is 4.90 Å². The van der Waals surface area contributed by atoms with Crippen LogP contribution in [0.15, 0.2) is 42.5 Å². The lowest BCUT2D eigenvalue weighted by molar-refractivity contribution is -0.152. The normalized spacial score (nSPS) is 10.4. The summed E-state index contributed by atoms with van der Waals surface area (Å²) >= 11 is 5.94. The van der Waals surface area contributed by atoms with Gasteiger partial charge >= 0.3 is 5.97 Å². The summed E-state index contributed by atoms with van der Waals surface area (Å²) in [6.07, 6.45) is 0.0179. The quantitative estimate of drug-likeness (QED) is 0.641. The van der Waals surface area contributed by atoms with E-state index in [2.05, 4.69) is 0 Å². The topological polar surface area (TPSA) is 55.8 Å². The summed E-state index contributed by atoms with van der Waals surface area (Å²) in [6.45, 7) is 1.68. The van der Waals surface area contributed by atoms with Crippen molar-refractivity contribution in [2.75, 3.05) is 20.3 Å². The second kappa shape index (κ2) is 9.92. The van der Waals surface area contributed by atoms with Crippen LogP contribution in [0, 0.1) is 12.7 Å². The van der Waals surface area contributed by atoms with Gasteiger partial charge in [0.15, 0.2) is 6.61 Å². The van der Waals surface area contributed by atoms with Gasteiger partial charge in [-0.25, -0.2) is 4.39 Å². The van der Waals surface area contributed by atoms with E-state index in [1.807, 2.05) is 31.2 Å². The highest BCUT2D eigenvalue weighted by atomic mass is 35.5. The molecule has 0 aliphatic rings. The number of halogens is 2. The minimum Gasteiger partial charge on any atom is -0.493 e. The van der Waals surface area contributed by atoms with E-state index in [0.29, 0.717) is 5.75 Å². The number of hydrogen-bond donors (Lipinski definition) is 0. The molecule has 5 nitrogen and oxygen atoms in total. The number of likely N-dealkylation sites (N-methyl/N-ethyl adjacent to an activating group) is 1. The molecule has 2 aromatic rings. The molecule has 1 amide bonds. The summed E-state index contributed by atoms with van der Waals surface area (Å²) < 4.78 is 24.2. The molecule has 0 N–H and O–H groups in total. The van der Waals surface area contributed by atoms with Gasteiger partial charge in [0, 0.05) is 24.2 Å². The molecule has 7 heteroatoms. The van der Waals surface area contributed by atoms with Crippen LogP contribution in [-0.4, -0.2) is 37.0 Å². The predicted molar refractivity (Wildman–Crippen MR) is 100 cm³/mol. The lowest BCUT2D eigenvalue weighted by Gasteiger charge is -2.18. The SMILES string of the molecule is Cc1ccc(OCCC(=O)OCC(=O)N(C)Cc2c(F)cccc2Cl)cc1. The number of amides is 1. The Bertz CT molecular complexity index is 775. The zero-order valence-corrected chi connectivity index (χ0v) is 16.0. The van der Waals surface area contributed by atoms with Crippen LogP contribution in [0.25, 0.3) is 0 Å². The van der Waals surface area contributed by atoms with Crippen LogP contribution < -0.4 is 4.74 Å². The van der Waals surface area contributed by atoms with Crippen LogP contribution in [-0.2, 0) is 20.9 Å². The number of rotatable bonds is 8. The van der Waals surface area contributed by atoms with Gasteiger partial charge in [-0.3, -0.25) is 9.59 Å². The number of esters is 1. The number of carbonyl (C=O) groups excluding carboxylic acids is 2. The molecule has 0 bridgehead atoms. The van der Waals surface area contributed by atoms with Gasteiger partial charge in [-0.2, -0.15) is 0 Å². The summed E-state index contributed by atoms with van der Waals surface area (Å²) in [7, 11) is 1.49. The summed E-state index contributed by atoms with van der Waals surface area (Å²) in [4.78, 5) is 25.0. The summed E-state index contributed by atoms with van der Waals surface area (Å²) in [5.41, 5.74) is 1.33. The maximum absolute atomic E-state index is 13.8. The lowest BCUT2D eigenvalue weighted by atomic mass is 10.2. The Morgan fingerprint density at radius 2 is 1.85 bits per heavy atom. The molecule has 0 unspecified atom stereocenters. The fraction of sp³-hybridized carbons (Fsp3) is 0.300. The van der Waals surface area contributed by atoms with Gasteiger partial charge < -0.3 is 14.4 Å². The van der Waals surface area contributed by atoms with Crippen molar-refractivity contribution in [3.05, 3.63) is 64.4 Å². The van der Waals surface area contributed by atoms with Crippen LogP contribution >= 0.6 is 11.6 Å². The van der Waals surface area contributed by atoms with E-state index < -0.39 is 24.3 Å². The Labute approximate surface area is 162 Å². The molecule has 0 aliphatic carbocycles. The predicted octanol–water partition coefficient (Wildman–Crippen LogP) is 3.76. The number of nitrogens with zero attached hydrogens (tertiary/aromatic N) is 1. The molecule has 0 atom stereocenters. The smallest absolute Gasteiger partial charge is 0.309 e. The molecular weight excluding hydrogens is 373 g/mol. The number of ether oxygens (including phenoxy) is 2. The Hall–Kier alpha value is -2.60. The largest absolute Gasteiger partial charge is 0.493 e. The van der Waals surface area contributed by atoms with Crippen molar-refractivity contribution in [2.45, 2.75) is 19.9 Å². The lowest BCUT2D eigenvalue weighted by Crippen LogP contribution is -2.31. The molecule has 2 aromatic carbocycles. The Balaban J connectivity index is 1.72. The third kappa shape index (κ3) is 6.57. The van der Waals surface area contributed by atoms with Crippen LogP contribution in [0.3, 0.4) is 0 Å². The summed E-state index contributed by atoms with van der Waals surface area (Å²) in [5, 5.41) is 0.236. The fourth-order valence-corrected chi connectivity index (χ4v) is 2.44. The van der Waals surface area contributed by atoms with E-state index in [-0.39, 0.29) is 30.2 Å². The maximum Gasteiger partial charge on any atom is 0.309 e. The molecule has 0 heterocycles. The number of aryl methyl sites for hydroxylation is 1. The molecule has 0 saturated heterocycles. The van der Waals surface area contributed by atoms with Crippen LogP contribution in [0.4, 0.5) is 4.39 Å². The van der Waals surface area contributed by atoms with E-state index in [1.165, 1.54) is 24.1 Å². The first-order chi connectivity index (χ1) is 12.9. The molecule has 0 aliphatic heterocycles. The minimum absolute atomic E-state index is 0.0155. The van der Waals surface area contributed by atoms with E-state index in [1.54, 1.807) is 6.07 Å². The summed E-state index contributed by atoms with van der Waals surface area (Å²) in [5.74, 6) is -0.840. The average Bonchev–Trinajstić information content (AvgIpc) is 2.64. The third-order valence-electron chi connectivity index (χ3n) is 3.84. The van der Waals surface area contributed by atoms with Crippen LogP contribution in [0.1, 0.15) is 17.5 Å². The average molecular weight is 394 g/mol. The molecule has 2 rings (SSSR count). The standard InChI is InChI=1S/C20H21ClFNO4/c1-14-6-8-15(9-7-14)26-11-10-20(25)27-13-19(24)23(2)12-16-17(21)4-3-5-18(16)22/h3-9H,10-13H2,1-2H3. The number of carbonyl (C=O) groups is 2. The van der Waals surface area contributed by atoms with Gasteiger partial charge in [0.05, 0.1) is 13.0 Å². The first kappa shape index (κ1) is 20.7. The zero-order valence-electron chi connectivity index (χ0n) is 15.2. The number of benzene rings is 2. The molecule has 0 radical (unpaired) electrons. The monoisotopic (exact) mass is 393 g/mol. The van der Waals surface area contributed by atoms with Gasteiger partial charge in [-0.05, 0) is 31.2 Å². The van der Waals surface area contributed by atoms with Crippen molar-refractivity contribution < 1.29 is 23.5 Å². The Morgan fingerprint density at radius 1 is 1.15 bits per heavy atom. The maximum atomic E-state index is 13.8. The van der Waals surface area contributed by atoms with E-state index in [4.69, 9.17) is 21.1 Å². The second-order valence-corrected chi connectivity index (χ2v) is 6.43. The van der Waals surface area contributed by atoms with Gasteiger partial charge in [0.1, 0.15) is 11.6 Å². The summed E-state index contributed by atoms with van der Waals surface area (Å²) in [6, 6.07) is 11.7. The van der Waals surface area contributed by atoms with Gasteiger partial charge in [-0.15, -0.1) is 0 Å². The van der Waals surface area contributed by atoms with Crippen molar-refractivity contribution in [1.29, 1.82) is 0 Å². The highest BCUT2D eigenvalue weighted by molar-refractivity contribution is 6.31. The first-order valence-electron chi connectivity index (χ1n) is 8.38. The highest BCUT2D eigenvalue weighted by Crippen LogP contribution is 2.20. The van der Waals surface area contributed by atoms with Gasteiger partial charge in [0.25, 0.3) is 5.91 Å². The Kier molecular flexibility index (Phi) is 7.61. The molecule has 0 spiro atoms. The van der Waals surface area contributed by atoms with Crippen molar-refractivity contribution in [3.8, 4) is 5.75 Å². The van der Waals surface area contributed by atoms with Gasteiger partial charge in [0.2, 0.25) is 0 Å². The van der Waals surface area contributed by atoms with E-state index in [0.717, 1.165) is 5.56 Å². The molecule has 0 aromatic heterocycles. The van der Waals surface area contributed by atoms with Crippen LogP contribution in [0.2, 0.25) is 5.02 Å². The van der Waals surface area contributed by atoms with Gasteiger partial charge in [-0.1, -0.05) is 35.4 Å². The van der Waals surface area contributed by atoms with E-state index in [9.17, 15) is 14.0 Å². The molecule has 0 fully saturated rings. The zero-order chi connectivity index (χ0) is 19.8. The molecule has 27 heavy (non-hydrogen) atoms. The molecule has 0 saturated carbocycles. The van der Waals surface area contributed by atoms with Crippen LogP contribution in [0.5, 0.6) is 5.75 Å². The Morgan fingerprint density at radius 3 is 2.52 bits per heavy atom. The van der Waals surface area contributed by atoms with Crippen molar-refractivity contribution in [3.63, 3.8) is 0 Å². The highest BCUT2D eigenvalue weighted by Gasteiger charge is 2.16. The number of hydrogen-bond acceptors (Lipinski definition) is 4. The molecular formula is C20H21ClFNO4. The first-order valence-corrected chi connectivity index (χ1v) is 8.76. The van der Waals surface area contributed by atoms with Crippen molar-refractivity contribution in [2.24, 2.45) is 0 Å². The third-order valence-corrected chi connectivity index (χ3v) is 4.19. The fourth-order valence-electron chi connectivity index (χ4n) is 2.22. The van der Waals surface area contributed by atoms with E-state index >= 15 is 0 Å². The second-order valence-electron chi connectivity index (χ2n) is 6.02. The minimum atomic E-state index is -0.548.